The maximum absolute atomic E-state index is 11.2. The van der Waals surface area contributed by atoms with Gasteiger partial charge in [0, 0.05) is 0 Å². The van der Waals surface area contributed by atoms with Crippen LogP contribution in [-0.2, 0) is 0 Å². The number of carbonyl (C=O) groups is 6. The van der Waals surface area contributed by atoms with Gasteiger partial charge in [0.2, 0.25) is 0 Å². The molecule has 0 saturated heterocycles. The number of carboxylic acids is 6. The van der Waals surface area contributed by atoms with Crippen molar-refractivity contribution in [2.45, 2.75) is 0 Å². The van der Waals surface area contributed by atoms with E-state index in [1.807, 2.05) is 0 Å². The molecule has 13 heteroatoms. The molecule has 0 amide bonds. The van der Waals surface area contributed by atoms with Crippen LogP contribution in [-0.4, -0.2) is 118 Å². The Balaban J connectivity index is 0.00000576. The maximum atomic E-state index is 11.2. The monoisotopic (exact) mass is 382 g/mol. The van der Waals surface area contributed by atoms with Gasteiger partial charge in [-0.05, 0) is 0 Å². The van der Waals surface area contributed by atoms with Crippen molar-refractivity contribution >= 4 is 87.2 Å². The molecule has 6 N–H and O–H groups in total. The van der Waals surface area contributed by atoms with Crippen LogP contribution in [0.5, 0.6) is 0 Å². The van der Waals surface area contributed by atoms with Gasteiger partial charge in [0.05, 0.1) is 33.4 Å². The van der Waals surface area contributed by atoms with E-state index in [4.69, 9.17) is 30.6 Å². The van der Waals surface area contributed by atoms with Crippen LogP contribution in [0, 0.1) is 0 Å². The van der Waals surface area contributed by atoms with E-state index in [-0.39, 0.29) is 51.4 Å². The molecule has 0 heterocycles. The van der Waals surface area contributed by atoms with E-state index in [0.717, 1.165) is 0 Å². The van der Waals surface area contributed by atoms with Crippen molar-refractivity contribution in [1.29, 1.82) is 0 Å². The minimum absolute atomic E-state index is 0. The van der Waals surface area contributed by atoms with E-state index >= 15 is 0 Å². The molecule has 128 valence electrons. The van der Waals surface area contributed by atoms with Crippen LogP contribution in [0.3, 0.4) is 0 Å². The van der Waals surface area contributed by atoms with Crippen LogP contribution in [0.1, 0.15) is 62.1 Å². The average molecular weight is 382 g/mol. The molecule has 0 fully saturated rings. The van der Waals surface area contributed by atoms with Gasteiger partial charge in [-0.1, -0.05) is 0 Å². The van der Waals surface area contributed by atoms with Crippen LogP contribution in [0.25, 0.3) is 0 Å². The van der Waals surface area contributed by atoms with Crippen molar-refractivity contribution in [3.8, 4) is 0 Å². The summed E-state index contributed by atoms with van der Waals surface area (Å²) in [5.74, 6) is -13.5. The SMILES string of the molecule is O=C(O)c1c(C(=O)O)c(C(=O)O)c(C(=O)O)c(C(=O)O)c1C(=O)O.[KH]. The van der Waals surface area contributed by atoms with Gasteiger partial charge in [0.1, 0.15) is 0 Å². The van der Waals surface area contributed by atoms with Crippen molar-refractivity contribution in [2.75, 3.05) is 0 Å². The molecule has 0 aliphatic rings. The summed E-state index contributed by atoms with van der Waals surface area (Å²) in [4.78, 5) is 67.3. The van der Waals surface area contributed by atoms with Crippen molar-refractivity contribution in [1.82, 2.24) is 0 Å². The predicted octanol–water partition coefficient (Wildman–Crippen LogP) is -0.773. The first-order valence-electron chi connectivity index (χ1n) is 5.57. The fourth-order valence-electron chi connectivity index (χ4n) is 2.03. The molecule has 25 heavy (non-hydrogen) atoms. The quantitative estimate of drug-likeness (QED) is 0.333. The fourth-order valence-corrected chi connectivity index (χ4v) is 2.03. The molecule has 1 aromatic rings. The Morgan fingerprint density at radius 2 is 0.440 bits per heavy atom. The molecule has 0 bridgehead atoms. The van der Waals surface area contributed by atoms with Gasteiger partial charge < -0.3 is 30.6 Å². The first-order valence-corrected chi connectivity index (χ1v) is 5.57. The van der Waals surface area contributed by atoms with Gasteiger partial charge in [0.25, 0.3) is 0 Å². The fraction of sp³-hybridized carbons (Fsp3) is 0. The van der Waals surface area contributed by atoms with Gasteiger partial charge >= 0.3 is 87.2 Å². The second-order valence-electron chi connectivity index (χ2n) is 4.08. The standard InChI is InChI=1S/C12H6O12.K.H/c13-7(14)1-2(8(15)16)4(10(19)20)6(12(23)24)5(11(21)22)3(1)9(17)18;;/h(H,13,14)(H,15,16)(H,17,18)(H,19,20)(H,21,22)(H,23,24);;. The molecule has 12 nitrogen and oxygen atoms in total. The molecular weight excluding hydrogens is 375 g/mol. The molecule has 0 atom stereocenters. The Morgan fingerprint density at radius 1 is 0.360 bits per heavy atom. The molecule has 1 rings (SSSR count). The molecule has 0 aromatic heterocycles. The summed E-state index contributed by atoms with van der Waals surface area (Å²) in [7, 11) is 0. The van der Waals surface area contributed by atoms with Crippen LogP contribution in [0.4, 0.5) is 0 Å². The Bertz CT molecular complexity index is 639. The Labute approximate surface area is 178 Å². The average Bonchev–Trinajstić information content (AvgIpc) is 2.42. The first kappa shape index (κ1) is 22.7. The number of benzene rings is 1. The zero-order valence-corrected chi connectivity index (χ0v) is 11.1. The topological polar surface area (TPSA) is 224 Å². The third-order valence-corrected chi connectivity index (χ3v) is 2.78. The third-order valence-electron chi connectivity index (χ3n) is 2.78. The summed E-state index contributed by atoms with van der Waals surface area (Å²) in [5.41, 5.74) is -9.95. The van der Waals surface area contributed by atoms with E-state index in [9.17, 15) is 28.8 Å². The van der Waals surface area contributed by atoms with Gasteiger partial charge in [-0.2, -0.15) is 0 Å². The predicted molar refractivity (Wildman–Crippen MR) is 75.3 cm³/mol. The minimum atomic E-state index is -2.26. The first-order chi connectivity index (χ1) is 10.9. The van der Waals surface area contributed by atoms with E-state index < -0.39 is 69.2 Å². The summed E-state index contributed by atoms with van der Waals surface area (Å²) >= 11 is 0. The van der Waals surface area contributed by atoms with Gasteiger partial charge in [-0.15, -0.1) is 0 Å². The number of aromatic carboxylic acids is 6. The molecule has 0 aliphatic carbocycles. The number of hydrogen-bond acceptors (Lipinski definition) is 6. The van der Waals surface area contributed by atoms with E-state index in [1.54, 1.807) is 0 Å². The normalized spacial score (nSPS) is 9.60. The second-order valence-corrected chi connectivity index (χ2v) is 4.08. The molecule has 0 spiro atoms. The number of hydrogen-bond donors (Lipinski definition) is 6. The molecular formula is C12H7KO12. The molecule has 0 unspecified atom stereocenters. The van der Waals surface area contributed by atoms with Gasteiger partial charge in [-0.25, -0.2) is 28.8 Å². The van der Waals surface area contributed by atoms with E-state index in [2.05, 4.69) is 0 Å². The zero-order valence-electron chi connectivity index (χ0n) is 11.1. The summed E-state index contributed by atoms with van der Waals surface area (Å²) in [6.45, 7) is 0. The summed E-state index contributed by atoms with van der Waals surface area (Å²) in [6, 6.07) is 0. The summed E-state index contributed by atoms with van der Waals surface area (Å²) in [6.07, 6.45) is 0. The van der Waals surface area contributed by atoms with Crippen molar-refractivity contribution in [2.24, 2.45) is 0 Å². The Kier molecular flexibility index (Phi) is 7.41. The van der Waals surface area contributed by atoms with Crippen LogP contribution in [0.2, 0.25) is 0 Å². The molecule has 0 radical (unpaired) electrons. The van der Waals surface area contributed by atoms with E-state index in [0.29, 0.717) is 0 Å². The second kappa shape index (κ2) is 8.17. The third kappa shape index (κ3) is 4.02. The summed E-state index contributed by atoms with van der Waals surface area (Å²) in [5, 5.41) is 54.2. The van der Waals surface area contributed by atoms with Crippen molar-refractivity contribution < 1.29 is 59.4 Å². The van der Waals surface area contributed by atoms with Crippen molar-refractivity contribution in [3.05, 3.63) is 33.4 Å². The van der Waals surface area contributed by atoms with Gasteiger partial charge in [-0.3, -0.25) is 0 Å². The van der Waals surface area contributed by atoms with Crippen LogP contribution in [0.15, 0.2) is 0 Å². The molecule has 1 aromatic carbocycles. The number of carboxylic acid groups (broad SMARTS) is 6. The Morgan fingerprint density at radius 3 is 0.480 bits per heavy atom. The van der Waals surface area contributed by atoms with E-state index in [1.165, 1.54) is 0 Å². The van der Waals surface area contributed by atoms with Crippen LogP contribution < -0.4 is 0 Å². The van der Waals surface area contributed by atoms with Gasteiger partial charge in [0.15, 0.2) is 0 Å². The summed E-state index contributed by atoms with van der Waals surface area (Å²) < 4.78 is 0. The van der Waals surface area contributed by atoms with Crippen molar-refractivity contribution in [3.63, 3.8) is 0 Å². The van der Waals surface area contributed by atoms with Crippen LogP contribution >= 0.6 is 0 Å². The Hall–Kier alpha value is -2.32. The molecule has 0 aliphatic heterocycles. The zero-order chi connectivity index (χ0) is 18.9. The molecule has 0 saturated carbocycles. The number of rotatable bonds is 6.